The van der Waals surface area contributed by atoms with Crippen LogP contribution in [0.2, 0.25) is 0 Å². The zero-order valence-corrected chi connectivity index (χ0v) is 30.4. The number of aliphatic hydroxyl groups is 1. The molecule has 0 aromatic rings. The zero-order valence-electron chi connectivity index (χ0n) is 29.5. The Kier molecular flexibility index (Phi) is 32.7. The lowest BCUT2D eigenvalue weighted by Crippen LogP contribution is -2.27. The molecule has 9 nitrogen and oxygen atoms in total. The number of hydrogen-bond donors (Lipinski definition) is 3. The molecule has 0 radical (unpaired) electrons. The highest BCUT2D eigenvalue weighted by Crippen LogP contribution is 2.42. The van der Waals surface area contributed by atoms with Gasteiger partial charge in [-0.15, -0.1) is 0 Å². The number of allylic oxidation sites excluding steroid dienone is 2. The maximum Gasteiger partial charge on any atom is 0.472 e. The number of aliphatic hydroxyl groups excluding tert-OH is 1. The number of carbonyl (C=O) groups is 2. The van der Waals surface area contributed by atoms with Gasteiger partial charge in [0.15, 0.2) is 0 Å². The van der Waals surface area contributed by atoms with Crippen molar-refractivity contribution in [2.24, 2.45) is 0 Å². The molecule has 0 saturated carbocycles. The van der Waals surface area contributed by atoms with Gasteiger partial charge < -0.3 is 20.1 Å². The number of ether oxygens (including phenoxy) is 1. The minimum absolute atomic E-state index is 0.0844. The molecule has 46 heavy (non-hydrogen) atoms. The first-order valence-corrected chi connectivity index (χ1v) is 20.2. The van der Waals surface area contributed by atoms with Gasteiger partial charge in [0.25, 0.3) is 0 Å². The maximum atomic E-state index is 12.0. The molecule has 0 rings (SSSR count). The van der Waals surface area contributed by atoms with Crippen molar-refractivity contribution < 1.29 is 37.9 Å². The van der Waals surface area contributed by atoms with Crippen LogP contribution in [0.15, 0.2) is 12.2 Å². The summed E-state index contributed by atoms with van der Waals surface area (Å²) < 4.78 is 26.3. The second-order valence-electron chi connectivity index (χ2n) is 12.6. The van der Waals surface area contributed by atoms with Gasteiger partial charge in [-0.05, 0) is 38.5 Å². The molecule has 272 valence electrons. The maximum absolute atomic E-state index is 12.0. The van der Waals surface area contributed by atoms with Crippen LogP contribution in [0.1, 0.15) is 174 Å². The fraction of sp³-hybridized carbons (Fsp3) is 0.889. The van der Waals surface area contributed by atoms with E-state index in [1.54, 1.807) is 0 Å². The molecule has 0 saturated heterocycles. The molecule has 0 fully saturated rings. The van der Waals surface area contributed by atoms with Gasteiger partial charge in [0.2, 0.25) is 5.91 Å². The Bertz CT molecular complexity index is 779. The molecule has 0 aliphatic rings. The van der Waals surface area contributed by atoms with Crippen molar-refractivity contribution in [3.05, 3.63) is 12.2 Å². The van der Waals surface area contributed by atoms with E-state index in [1.807, 2.05) is 6.92 Å². The molecule has 0 aliphatic heterocycles. The number of hydrogen-bond acceptors (Lipinski definition) is 7. The number of esters is 1. The number of carbonyl (C=O) groups excluding carboxylic acids is 2. The van der Waals surface area contributed by atoms with E-state index >= 15 is 0 Å². The first kappa shape index (κ1) is 44.8. The van der Waals surface area contributed by atoms with Crippen molar-refractivity contribution >= 4 is 19.7 Å². The monoisotopic (exact) mass is 675 g/mol. The number of nitrogens with one attached hydrogen (secondary N) is 1. The van der Waals surface area contributed by atoms with Crippen molar-refractivity contribution in [1.82, 2.24) is 5.32 Å². The largest absolute Gasteiger partial charge is 0.472 e. The molecule has 10 heteroatoms. The molecular weight excluding hydrogens is 605 g/mol. The first-order valence-electron chi connectivity index (χ1n) is 18.7. The Labute approximate surface area is 281 Å². The SMILES string of the molecule is CCCCCCCC/C=C/CCCCCCCCCCCCCCCC(=O)NCCOP(=O)(O)OCC(O)COC(=O)CCCC. The van der Waals surface area contributed by atoms with Gasteiger partial charge in [0.1, 0.15) is 12.7 Å². The van der Waals surface area contributed by atoms with Crippen LogP contribution in [0.4, 0.5) is 0 Å². The Balaban J connectivity index is 3.45. The van der Waals surface area contributed by atoms with Crippen molar-refractivity contribution in [2.75, 3.05) is 26.4 Å². The van der Waals surface area contributed by atoms with E-state index in [1.165, 1.54) is 116 Å². The first-order chi connectivity index (χ1) is 22.3. The summed E-state index contributed by atoms with van der Waals surface area (Å²) in [7, 11) is -4.39. The van der Waals surface area contributed by atoms with Crippen molar-refractivity contribution in [3.8, 4) is 0 Å². The zero-order chi connectivity index (χ0) is 34.0. The Morgan fingerprint density at radius 3 is 1.65 bits per heavy atom. The van der Waals surface area contributed by atoms with Crippen LogP contribution < -0.4 is 5.32 Å². The highest BCUT2D eigenvalue weighted by Gasteiger charge is 2.23. The molecule has 2 unspecified atom stereocenters. The van der Waals surface area contributed by atoms with Gasteiger partial charge in [-0.3, -0.25) is 18.6 Å². The number of unbranched alkanes of at least 4 members (excludes halogenated alkanes) is 20. The molecule has 0 aromatic carbocycles. The Hall–Kier alpha value is -1.25. The third-order valence-corrected chi connectivity index (χ3v) is 8.93. The fourth-order valence-corrected chi connectivity index (χ4v) is 5.82. The molecule has 0 bridgehead atoms. The van der Waals surface area contributed by atoms with Gasteiger partial charge in [-0.2, -0.15) is 0 Å². The second kappa shape index (κ2) is 33.6. The number of phosphoric acid groups is 1. The van der Waals surface area contributed by atoms with E-state index in [9.17, 15) is 24.2 Å². The van der Waals surface area contributed by atoms with Crippen LogP contribution in [-0.2, 0) is 27.9 Å². The van der Waals surface area contributed by atoms with Crippen molar-refractivity contribution in [1.29, 1.82) is 0 Å². The van der Waals surface area contributed by atoms with E-state index < -0.39 is 26.5 Å². The summed E-state index contributed by atoms with van der Waals surface area (Å²) in [5.74, 6) is -0.549. The van der Waals surface area contributed by atoms with E-state index in [0.29, 0.717) is 12.8 Å². The lowest BCUT2D eigenvalue weighted by Gasteiger charge is -2.15. The number of phosphoric ester groups is 1. The van der Waals surface area contributed by atoms with Crippen LogP contribution in [0.5, 0.6) is 0 Å². The van der Waals surface area contributed by atoms with Crippen molar-refractivity contribution in [2.45, 2.75) is 180 Å². The third-order valence-electron chi connectivity index (χ3n) is 7.95. The lowest BCUT2D eigenvalue weighted by molar-refractivity contribution is -0.147. The lowest BCUT2D eigenvalue weighted by atomic mass is 10.0. The van der Waals surface area contributed by atoms with Crippen LogP contribution in [0, 0.1) is 0 Å². The average molecular weight is 676 g/mol. The summed E-state index contributed by atoms with van der Waals surface area (Å²) in [6.07, 6.45) is 32.8. The topological polar surface area (TPSA) is 131 Å². The molecular formula is C36H70NO8P. The Morgan fingerprint density at radius 2 is 1.13 bits per heavy atom. The minimum atomic E-state index is -4.39. The van der Waals surface area contributed by atoms with Gasteiger partial charge in [0, 0.05) is 19.4 Å². The predicted molar refractivity (Wildman–Crippen MR) is 188 cm³/mol. The van der Waals surface area contributed by atoms with Crippen molar-refractivity contribution in [3.63, 3.8) is 0 Å². The molecule has 0 aromatic heterocycles. The van der Waals surface area contributed by atoms with E-state index in [0.717, 1.165) is 25.7 Å². The van der Waals surface area contributed by atoms with Gasteiger partial charge in [-0.25, -0.2) is 4.57 Å². The normalized spacial score (nSPS) is 13.6. The third kappa shape index (κ3) is 34.1. The molecule has 0 aliphatic carbocycles. The standard InChI is InChI=1S/C36H70NO8P/c1-3-5-7-8-9-10-11-12-13-14-15-16-17-18-19-20-21-22-23-24-25-26-27-28-35(39)37-30-31-44-46(41,42)45-33-34(38)32-43-36(40)29-6-4-2/h12-13,34,38H,3-11,14-33H2,1-2H3,(H,37,39)(H,41,42)/b13-12+. The van der Waals surface area contributed by atoms with E-state index in [-0.39, 0.29) is 32.1 Å². The van der Waals surface area contributed by atoms with Gasteiger partial charge in [-0.1, -0.05) is 135 Å². The molecule has 0 heterocycles. The smallest absolute Gasteiger partial charge is 0.463 e. The van der Waals surface area contributed by atoms with Crippen LogP contribution in [0.3, 0.4) is 0 Å². The molecule has 3 N–H and O–H groups in total. The van der Waals surface area contributed by atoms with Crippen LogP contribution >= 0.6 is 7.82 Å². The predicted octanol–water partition coefficient (Wildman–Crippen LogP) is 9.49. The average Bonchev–Trinajstić information content (AvgIpc) is 3.04. The Morgan fingerprint density at radius 1 is 0.652 bits per heavy atom. The van der Waals surface area contributed by atoms with Crippen LogP contribution in [0.25, 0.3) is 0 Å². The number of rotatable bonds is 35. The van der Waals surface area contributed by atoms with E-state index in [2.05, 4.69) is 24.4 Å². The number of amides is 1. The summed E-state index contributed by atoms with van der Waals surface area (Å²) in [6, 6.07) is 0. The molecule has 1 amide bonds. The second-order valence-corrected chi connectivity index (χ2v) is 14.0. The fourth-order valence-electron chi connectivity index (χ4n) is 5.06. The highest BCUT2D eigenvalue weighted by atomic mass is 31.2. The van der Waals surface area contributed by atoms with Gasteiger partial charge >= 0.3 is 13.8 Å². The quantitative estimate of drug-likeness (QED) is 0.0262. The summed E-state index contributed by atoms with van der Waals surface area (Å²) in [5, 5.41) is 12.4. The van der Waals surface area contributed by atoms with Crippen LogP contribution in [-0.4, -0.2) is 54.3 Å². The summed E-state index contributed by atoms with van der Waals surface area (Å²) >= 11 is 0. The molecule has 0 spiro atoms. The summed E-state index contributed by atoms with van der Waals surface area (Å²) in [4.78, 5) is 33.1. The minimum Gasteiger partial charge on any atom is -0.463 e. The highest BCUT2D eigenvalue weighted by molar-refractivity contribution is 7.47. The summed E-state index contributed by atoms with van der Waals surface area (Å²) in [5.41, 5.74) is 0. The summed E-state index contributed by atoms with van der Waals surface area (Å²) in [6.45, 7) is 3.27. The molecule has 2 atom stereocenters. The van der Waals surface area contributed by atoms with E-state index in [4.69, 9.17) is 13.8 Å². The van der Waals surface area contributed by atoms with Gasteiger partial charge in [0.05, 0.1) is 13.2 Å².